The van der Waals surface area contributed by atoms with Crippen LogP contribution in [0, 0.1) is 0 Å². The molecule has 0 saturated carbocycles. The summed E-state index contributed by atoms with van der Waals surface area (Å²) in [6.45, 7) is 1.18. The molecule has 0 amide bonds. The molecule has 0 radical (unpaired) electrons. The van der Waals surface area contributed by atoms with Gasteiger partial charge in [-0.05, 0) is 18.4 Å². The molecule has 0 atom stereocenters. The Morgan fingerprint density at radius 1 is 1.15 bits per heavy atom. The lowest BCUT2D eigenvalue weighted by atomic mass is 10.1. The van der Waals surface area contributed by atoms with Gasteiger partial charge < -0.3 is 4.90 Å². The molecule has 68 valence electrons. The van der Waals surface area contributed by atoms with Gasteiger partial charge in [-0.15, -0.1) is 0 Å². The van der Waals surface area contributed by atoms with E-state index in [1.165, 1.54) is 30.6 Å². The van der Waals surface area contributed by atoms with E-state index < -0.39 is 0 Å². The summed E-state index contributed by atoms with van der Waals surface area (Å²) in [5, 5.41) is 0. The third kappa shape index (κ3) is 1.74. The third-order valence-corrected chi connectivity index (χ3v) is 2.52. The molecule has 0 N–H and O–H groups in total. The molecule has 1 heterocycles. The molecule has 0 aromatic heterocycles. The van der Waals surface area contributed by atoms with Gasteiger partial charge in [-0.25, -0.2) is 0 Å². The van der Waals surface area contributed by atoms with Crippen LogP contribution in [0.3, 0.4) is 0 Å². The molecule has 1 nitrogen and oxygen atoms in total. The van der Waals surface area contributed by atoms with E-state index in [2.05, 4.69) is 48.4 Å². The highest BCUT2D eigenvalue weighted by atomic mass is 15.1. The van der Waals surface area contributed by atoms with E-state index in [0.717, 1.165) is 0 Å². The van der Waals surface area contributed by atoms with Crippen molar-refractivity contribution in [3.05, 3.63) is 42.0 Å². The molecule has 0 spiro atoms. The Hall–Kier alpha value is -1.24. The van der Waals surface area contributed by atoms with Crippen molar-refractivity contribution in [2.75, 3.05) is 13.6 Å². The van der Waals surface area contributed by atoms with Crippen LogP contribution in [0.2, 0.25) is 0 Å². The van der Waals surface area contributed by atoms with E-state index in [1.54, 1.807) is 0 Å². The number of hydrogen-bond acceptors (Lipinski definition) is 1. The fourth-order valence-corrected chi connectivity index (χ4v) is 1.79. The summed E-state index contributed by atoms with van der Waals surface area (Å²) in [4.78, 5) is 2.33. The number of nitrogens with zero attached hydrogens (tertiary/aromatic N) is 1. The Labute approximate surface area is 79.7 Å². The predicted octanol–water partition coefficient (Wildman–Crippen LogP) is 2.75. The van der Waals surface area contributed by atoms with Crippen LogP contribution < -0.4 is 0 Å². The van der Waals surface area contributed by atoms with Crippen molar-refractivity contribution >= 4 is 5.70 Å². The fraction of sp³-hybridized carbons (Fsp3) is 0.333. The molecule has 0 saturated heterocycles. The van der Waals surface area contributed by atoms with Gasteiger partial charge in [-0.1, -0.05) is 36.4 Å². The first-order valence-electron chi connectivity index (χ1n) is 4.84. The van der Waals surface area contributed by atoms with Crippen molar-refractivity contribution in [3.63, 3.8) is 0 Å². The molecule has 13 heavy (non-hydrogen) atoms. The molecule has 2 rings (SSSR count). The SMILES string of the molecule is CN1CCCC=C1c1ccccc1. The maximum atomic E-state index is 2.33. The second-order valence-corrected chi connectivity index (χ2v) is 3.52. The zero-order valence-corrected chi connectivity index (χ0v) is 8.03. The lowest BCUT2D eigenvalue weighted by molar-refractivity contribution is 0.449. The van der Waals surface area contributed by atoms with Crippen LogP contribution >= 0.6 is 0 Å². The molecular formula is C12H15N. The molecule has 1 aliphatic heterocycles. The summed E-state index contributed by atoms with van der Waals surface area (Å²) in [6, 6.07) is 10.6. The van der Waals surface area contributed by atoms with E-state index in [0.29, 0.717) is 0 Å². The van der Waals surface area contributed by atoms with Gasteiger partial charge in [0.15, 0.2) is 0 Å². The van der Waals surface area contributed by atoms with E-state index in [9.17, 15) is 0 Å². The normalized spacial score (nSPS) is 17.0. The summed E-state index contributed by atoms with van der Waals surface area (Å²) in [5.74, 6) is 0. The Morgan fingerprint density at radius 3 is 2.62 bits per heavy atom. The second-order valence-electron chi connectivity index (χ2n) is 3.52. The highest BCUT2D eigenvalue weighted by Gasteiger charge is 2.09. The summed E-state index contributed by atoms with van der Waals surface area (Å²) in [7, 11) is 2.16. The standard InChI is InChI=1S/C12H15N/c1-13-10-6-5-9-12(13)11-7-3-2-4-8-11/h2-4,7-9H,5-6,10H2,1H3. The molecule has 1 aromatic carbocycles. The number of hydrogen-bond donors (Lipinski definition) is 0. The lowest BCUT2D eigenvalue weighted by Gasteiger charge is -2.26. The third-order valence-electron chi connectivity index (χ3n) is 2.52. The molecule has 0 unspecified atom stereocenters. The van der Waals surface area contributed by atoms with Crippen molar-refractivity contribution in [1.29, 1.82) is 0 Å². The van der Waals surface area contributed by atoms with Gasteiger partial charge in [0, 0.05) is 19.3 Å². The number of allylic oxidation sites excluding steroid dienone is 1. The first kappa shape index (κ1) is 8.36. The summed E-state index contributed by atoms with van der Waals surface area (Å²) >= 11 is 0. The smallest absolute Gasteiger partial charge is 0.0396 e. The van der Waals surface area contributed by atoms with Gasteiger partial charge in [0.1, 0.15) is 0 Å². The number of rotatable bonds is 1. The van der Waals surface area contributed by atoms with Crippen molar-refractivity contribution in [1.82, 2.24) is 4.90 Å². The maximum absolute atomic E-state index is 2.33. The first-order valence-corrected chi connectivity index (χ1v) is 4.84. The molecule has 0 bridgehead atoms. The summed E-state index contributed by atoms with van der Waals surface area (Å²) in [5.41, 5.74) is 2.72. The largest absolute Gasteiger partial charge is 0.374 e. The van der Waals surface area contributed by atoms with Crippen LogP contribution in [-0.2, 0) is 0 Å². The quantitative estimate of drug-likeness (QED) is 0.631. The van der Waals surface area contributed by atoms with Crippen LogP contribution in [0.5, 0.6) is 0 Å². The van der Waals surface area contributed by atoms with E-state index in [1.807, 2.05) is 0 Å². The highest BCUT2D eigenvalue weighted by Crippen LogP contribution is 2.22. The first-order chi connectivity index (χ1) is 6.38. The van der Waals surface area contributed by atoms with E-state index >= 15 is 0 Å². The van der Waals surface area contributed by atoms with Gasteiger partial charge in [0.2, 0.25) is 0 Å². The topological polar surface area (TPSA) is 3.24 Å². The van der Waals surface area contributed by atoms with Crippen LogP contribution in [-0.4, -0.2) is 18.5 Å². The molecule has 0 fully saturated rings. The van der Waals surface area contributed by atoms with Gasteiger partial charge >= 0.3 is 0 Å². The zero-order valence-electron chi connectivity index (χ0n) is 8.03. The Morgan fingerprint density at radius 2 is 1.92 bits per heavy atom. The minimum atomic E-state index is 1.18. The van der Waals surface area contributed by atoms with Gasteiger partial charge in [-0.2, -0.15) is 0 Å². The van der Waals surface area contributed by atoms with Crippen molar-refractivity contribution in [2.24, 2.45) is 0 Å². The zero-order chi connectivity index (χ0) is 9.10. The van der Waals surface area contributed by atoms with Crippen LogP contribution in [0.15, 0.2) is 36.4 Å². The Kier molecular flexibility index (Phi) is 2.35. The van der Waals surface area contributed by atoms with Gasteiger partial charge in [-0.3, -0.25) is 0 Å². The maximum Gasteiger partial charge on any atom is 0.0396 e. The van der Waals surface area contributed by atoms with Crippen molar-refractivity contribution < 1.29 is 0 Å². The van der Waals surface area contributed by atoms with Crippen LogP contribution in [0.1, 0.15) is 18.4 Å². The van der Waals surface area contributed by atoms with Gasteiger partial charge in [0.25, 0.3) is 0 Å². The van der Waals surface area contributed by atoms with Crippen LogP contribution in [0.25, 0.3) is 5.70 Å². The highest BCUT2D eigenvalue weighted by molar-refractivity contribution is 5.64. The average molecular weight is 173 g/mol. The molecule has 0 aliphatic carbocycles. The minimum Gasteiger partial charge on any atom is -0.374 e. The van der Waals surface area contributed by atoms with E-state index in [-0.39, 0.29) is 0 Å². The fourth-order valence-electron chi connectivity index (χ4n) is 1.79. The summed E-state index contributed by atoms with van der Waals surface area (Å²) < 4.78 is 0. The molecule has 1 heteroatoms. The monoisotopic (exact) mass is 173 g/mol. The lowest BCUT2D eigenvalue weighted by Crippen LogP contribution is -2.20. The van der Waals surface area contributed by atoms with Crippen molar-refractivity contribution in [3.8, 4) is 0 Å². The van der Waals surface area contributed by atoms with Crippen LogP contribution in [0.4, 0.5) is 0 Å². The second kappa shape index (κ2) is 3.65. The Bertz CT molecular complexity index is 300. The molecular weight excluding hydrogens is 158 g/mol. The summed E-state index contributed by atoms with van der Waals surface area (Å²) in [6.07, 6.45) is 4.83. The Balaban J connectivity index is 2.30. The molecule has 1 aromatic rings. The number of benzene rings is 1. The minimum absolute atomic E-state index is 1.18. The van der Waals surface area contributed by atoms with Gasteiger partial charge in [0.05, 0.1) is 0 Å². The average Bonchev–Trinajstić information content (AvgIpc) is 2.20. The molecule has 1 aliphatic rings. The predicted molar refractivity (Wildman–Crippen MR) is 56.3 cm³/mol. The van der Waals surface area contributed by atoms with E-state index in [4.69, 9.17) is 0 Å². The van der Waals surface area contributed by atoms with Crippen molar-refractivity contribution in [2.45, 2.75) is 12.8 Å².